The number of rotatable bonds is 10. The Morgan fingerprint density at radius 1 is 1.38 bits per heavy atom. The van der Waals surface area contributed by atoms with Gasteiger partial charge in [0, 0.05) is 50.8 Å². The largest absolute Gasteiger partial charge is 0.381 e. The average molecular weight is 514 g/mol. The summed E-state index contributed by atoms with van der Waals surface area (Å²) in [6.45, 7) is 7.55. The van der Waals surface area contributed by atoms with Gasteiger partial charge in [0.05, 0.1) is 19.8 Å². The standard InChI is InChI=1S/C20H30N6O2.HI/c1-2-22-20(23-7-3-10-27-14-18-6-11-28-15-18)25-13-17-4-5-19(24-12-17)26-9-8-21-16-26;/h4-5,8-9,12,16,18H,2-3,6-7,10-11,13-15H2,1H3,(H2,22,23,25);1H. The van der Waals surface area contributed by atoms with E-state index in [-0.39, 0.29) is 24.0 Å². The Kier molecular flexibility index (Phi) is 11.0. The summed E-state index contributed by atoms with van der Waals surface area (Å²) >= 11 is 0. The fraction of sp³-hybridized carbons (Fsp3) is 0.550. The van der Waals surface area contributed by atoms with Crippen molar-refractivity contribution >= 4 is 29.9 Å². The van der Waals surface area contributed by atoms with Crippen molar-refractivity contribution in [3.63, 3.8) is 0 Å². The van der Waals surface area contributed by atoms with Crippen LogP contribution in [0.2, 0.25) is 0 Å². The second-order valence-electron chi connectivity index (χ2n) is 6.77. The second-order valence-corrected chi connectivity index (χ2v) is 6.77. The van der Waals surface area contributed by atoms with Gasteiger partial charge in [-0.05, 0) is 31.4 Å². The zero-order valence-electron chi connectivity index (χ0n) is 16.9. The minimum Gasteiger partial charge on any atom is -0.381 e. The van der Waals surface area contributed by atoms with Crippen molar-refractivity contribution in [1.29, 1.82) is 0 Å². The first kappa shape index (κ1) is 23.6. The van der Waals surface area contributed by atoms with E-state index < -0.39 is 0 Å². The van der Waals surface area contributed by atoms with E-state index in [1.54, 1.807) is 12.5 Å². The Labute approximate surface area is 189 Å². The van der Waals surface area contributed by atoms with Crippen LogP contribution in [0.4, 0.5) is 0 Å². The number of pyridine rings is 1. The molecule has 0 radical (unpaired) electrons. The van der Waals surface area contributed by atoms with Gasteiger partial charge in [-0.15, -0.1) is 24.0 Å². The molecule has 1 fully saturated rings. The van der Waals surface area contributed by atoms with E-state index in [0.717, 1.165) is 69.7 Å². The van der Waals surface area contributed by atoms with Crippen molar-refractivity contribution in [2.75, 3.05) is 39.5 Å². The molecule has 1 aliphatic heterocycles. The van der Waals surface area contributed by atoms with Crippen LogP contribution in [0.25, 0.3) is 5.82 Å². The molecule has 1 aliphatic rings. The number of imidazole rings is 1. The van der Waals surface area contributed by atoms with Gasteiger partial charge in [0.25, 0.3) is 0 Å². The molecule has 0 bridgehead atoms. The van der Waals surface area contributed by atoms with Crippen molar-refractivity contribution in [1.82, 2.24) is 25.2 Å². The molecular formula is C20H31IN6O2. The van der Waals surface area contributed by atoms with Gasteiger partial charge in [-0.25, -0.2) is 15.0 Å². The topological polar surface area (TPSA) is 85.6 Å². The minimum atomic E-state index is 0. The zero-order chi connectivity index (χ0) is 19.4. The molecule has 3 heterocycles. The molecule has 0 saturated carbocycles. The lowest BCUT2D eigenvalue weighted by Gasteiger charge is -2.12. The monoisotopic (exact) mass is 514 g/mol. The molecule has 9 heteroatoms. The lowest BCUT2D eigenvalue weighted by Crippen LogP contribution is -2.38. The first-order valence-electron chi connectivity index (χ1n) is 9.96. The predicted molar refractivity (Wildman–Crippen MR) is 124 cm³/mol. The summed E-state index contributed by atoms with van der Waals surface area (Å²) < 4.78 is 13.0. The van der Waals surface area contributed by atoms with E-state index in [2.05, 4.69) is 32.5 Å². The highest BCUT2D eigenvalue weighted by Crippen LogP contribution is 2.12. The third-order valence-electron chi connectivity index (χ3n) is 4.48. The van der Waals surface area contributed by atoms with Gasteiger partial charge in [0.15, 0.2) is 5.96 Å². The molecule has 2 aromatic heterocycles. The fourth-order valence-electron chi connectivity index (χ4n) is 2.92. The Bertz CT molecular complexity index is 702. The average Bonchev–Trinajstić information content (AvgIpc) is 3.43. The minimum absolute atomic E-state index is 0. The van der Waals surface area contributed by atoms with Gasteiger partial charge in [0.1, 0.15) is 12.1 Å². The van der Waals surface area contributed by atoms with Gasteiger partial charge in [0.2, 0.25) is 0 Å². The van der Waals surface area contributed by atoms with Crippen molar-refractivity contribution in [3.8, 4) is 5.82 Å². The Morgan fingerprint density at radius 2 is 2.31 bits per heavy atom. The molecule has 2 aromatic rings. The highest BCUT2D eigenvalue weighted by molar-refractivity contribution is 14.0. The highest BCUT2D eigenvalue weighted by atomic mass is 127. The molecule has 8 nitrogen and oxygen atoms in total. The number of guanidine groups is 1. The van der Waals surface area contributed by atoms with E-state index >= 15 is 0 Å². The maximum atomic E-state index is 5.74. The van der Waals surface area contributed by atoms with Gasteiger partial charge in [-0.1, -0.05) is 6.07 Å². The fourth-order valence-corrected chi connectivity index (χ4v) is 2.92. The molecular weight excluding hydrogens is 483 g/mol. The van der Waals surface area contributed by atoms with Crippen molar-refractivity contribution in [2.45, 2.75) is 26.3 Å². The van der Waals surface area contributed by atoms with E-state index in [1.165, 1.54) is 0 Å². The highest BCUT2D eigenvalue weighted by Gasteiger charge is 2.15. The molecule has 0 aliphatic carbocycles. The molecule has 1 unspecified atom stereocenters. The van der Waals surface area contributed by atoms with Gasteiger partial charge in [-0.2, -0.15) is 0 Å². The summed E-state index contributed by atoms with van der Waals surface area (Å²) in [5.74, 6) is 2.23. The number of hydrogen-bond donors (Lipinski definition) is 2. The van der Waals surface area contributed by atoms with Crippen LogP contribution < -0.4 is 10.6 Å². The normalized spacial score (nSPS) is 16.4. The molecule has 0 amide bonds. The number of nitrogens with one attached hydrogen (secondary N) is 2. The van der Waals surface area contributed by atoms with Crippen molar-refractivity contribution in [3.05, 3.63) is 42.6 Å². The SMILES string of the molecule is CCNC(=NCc1ccc(-n2ccnc2)nc1)NCCCOCC1CCOC1.I. The summed E-state index contributed by atoms with van der Waals surface area (Å²) in [5, 5.41) is 6.63. The Hall–Kier alpha value is -1.72. The quantitative estimate of drug-likeness (QED) is 0.219. The Balaban J connectivity index is 0.00000300. The van der Waals surface area contributed by atoms with E-state index in [0.29, 0.717) is 12.5 Å². The number of hydrogen-bond acceptors (Lipinski definition) is 5. The predicted octanol–water partition coefficient (Wildman–Crippen LogP) is 2.38. The maximum absolute atomic E-state index is 5.74. The third-order valence-corrected chi connectivity index (χ3v) is 4.48. The van der Waals surface area contributed by atoms with Crippen LogP contribution in [0.1, 0.15) is 25.3 Å². The van der Waals surface area contributed by atoms with Gasteiger partial charge >= 0.3 is 0 Å². The summed E-state index contributed by atoms with van der Waals surface area (Å²) in [5.41, 5.74) is 1.06. The van der Waals surface area contributed by atoms with Crippen LogP contribution in [0, 0.1) is 5.92 Å². The maximum Gasteiger partial charge on any atom is 0.191 e. The van der Waals surface area contributed by atoms with Crippen LogP contribution in [-0.2, 0) is 16.0 Å². The number of ether oxygens (including phenoxy) is 2. The number of aromatic nitrogens is 3. The van der Waals surface area contributed by atoms with Crippen LogP contribution >= 0.6 is 24.0 Å². The summed E-state index contributed by atoms with van der Waals surface area (Å²) in [6.07, 6.45) is 9.26. The van der Waals surface area contributed by atoms with Crippen LogP contribution in [0.3, 0.4) is 0 Å². The van der Waals surface area contributed by atoms with Crippen molar-refractivity contribution < 1.29 is 9.47 Å². The smallest absolute Gasteiger partial charge is 0.191 e. The lowest BCUT2D eigenvalue weighted by atomic mass is 10.1. The zero-order valence-corrected chi connectivity index (χ0v) is 19.2. The molecule has 160 valence electrons. The van der Waals surface area contributed by atoms with Gasteiger partial charge < -0.3 is 20.1 Å². The summed E-state index contributed by atoms with van der Waals surface area (Å²) in [6, 6.07) is 4.01. The van der Waals surface area contributed by atoms with Gasteiger partial charge in [-0.3, -0.25) is 4.57 Å². The molecule has 29 heavy (non-hydrogen) atoms. The number of aliphatic imine (C=N–C) groups is 1. The Morgan fingerprint density at radius 3 is 3.00 bits per heavy atom. The lowest BCUT2D eigenvalue weighted by molar-refractivity contribution is 0.0888. The molecule has 3 rings (SSSR count). The van der Waals surface area contributed by atoms with E-state index in [1.807, 2.05) is 29.1 Å². The molecule has 0 spiro atoms. The van der Waals surface area contributed by atoms with E-state index in [9.17, 15) is 0 Å². The first-order valence-corrected chi connectivity index (χ1v) is 9.96. The van der Waals surface area contributed by atoms with Crippen molar-refractivity contribution in [2.24, 2.45) is 10.9 Å². The molecule has 0 aromatic carbocycles. The number of nitrogens with zero attached hydrogens (tertiary/aromatic N) is 4. The molecule has 1 atom stereocenters. The molecule has 1 saturated heterocycles. The molecule has 2 N–H and O–H groups in total. The van der Waals surface area contributed by atoms with E-state index in [4.69, 9.17) is 9.47 Å². The first-order chi connectivity index (χ1) is 13.8. The second kappa shape index (κ2) is 13.5. The van der Waals surface area contributed by atoms with Crippen LogP contribution in [0.5, 0.6) is 0 Å². The number of halogens is 1. The van der Waals surface area contributed by atoms with Crippen LogP contribution in [0.15, 0.2) is 42.0 Å². The van der Waals surface area contributed by atoms with Crippen LogP contribution in [-0.4, -0.2) is 60.0 Å². The summed E-state index contributed by atoms with van der Waals surface area (Å²) in [7, 11) is 0. The summed E-state index contributed by atoms with van der Waals surface area (Å²) in [4.78, 5) is 13.1. The third kappa shape index (κ3) is 8.27.